The first-order valence-electron chi connectivity index (χ1n) is 8.31. The first kappa shape index (κ1) is 21.1. The molecule has 27 heavy (non-hydrogen) atoms. The molecule has 3 rings (SSSR count). The van der Waals surface area contributed by atoms with Crippen LogP contribution >= 0.6 is 7.82 Å². The average molecular weight is 424 g/mol. The molecule has 0 heterocycles. The molecule has 142 valence electrons. The fourth-order valence-corrected chi connectivity index (χ4v) is 3.49. The Labute approximate surface area is 170 Å². The maximum Gasteiger partial charge on any atom is 0.647 e. The molecular weight excluding hydrogens is 403 g/mol. The Morgan fingerprint density at radius 1 is 0.519 bits per heavy atom. The van der Waals surface area contributed by atoms with Crippen molar-refractivity contribution in [3.05, 3.63) is 89.5 Å². The number of phosphoric acid groups is 1. The predicted octanol–water partition coefficient (Wildman–Crippen LogP) is 6.25. The third-order valence-electron chi connectivity index (χ3n) is 3.71. The molecule has 0 aliphatic heterocycles. The molecule has 6 heteroatoms. The van der Waals surface area contributed by atoms with Crippen LogP contribution in [0.5, 0.6) is 17.2 Å². The van der Waals surface area contributed by atoms with Gasteiger partial charge in [-0.15, -0.1) is 0 Å². The fraction of sp³-hybridized carbons (Fsp3) is 0.143. The molecule has 0 aliphatic carbocycles. The van der Waals surface area contributed by atoms with Crippen LogP contribution in [0.4, 0.5) is 0 Å². The summed E-state index contributed by atoms with van der Waals surface area (Å²) in [5, 5.41) is 0. The van der Waals surface area contributed by atoms with Crippen LogP contribution in [-0.4, -0.2) is 0 Å². The molecule has 0 N–H and O–H groups in total. The number of phosphoric ester groups is 1. The number of aryl methyl sites for hydroxylation is 3. The Balaban J connectivity index is 0.00000261. The SMILES string of the molecule is Cc1ccc(OP(=O)(Oc2ccc(C)cc2)Oc2ccc(C)cc2)cc1.[Fe]. The van der Waals surface area contributed by atoms with Gasteiger partial charge in [0.05, 0.1) is 0 Å². The molecule has 0 saturated heterocycles. The Bertz CT molecular complexity index is 784. The average Bonchev–Trinajstić information content (AvgIpc) is 2.61. The molecule has 3 aromatic rings. The van der Waals surface area contributed by atoms with Crippen LogP contribution in [0, 0.1) is 20.8 Å². The van der Waals surface area contributed by atoms with Gasteiger partial charge >= 0.3 is 7.82 Å². The monoisotopic (exact) mass is 424 g/mol. The van der Waals surface area contributed by atoms with Gasteiger partial charge in [-0.2, -0.15) is 4.57 Å². The van der Waals surface area contributed by atoms with Gasteiger partial charge in [0.2, 0.25) is 0 Å². The van der Waals surface area contributed by atoms with E-state index in [1.807, 2.05) is 57.2 Å². The summed E-state index contributed by atoms with van der Waals surface area (Å²) in [4.78, 5) is 0. The van der Waals surface area contributed by atoms with Gasteiger partial charge in [-0.1, -0.05) is 53.1 Å². The Hall–Kier alpha value is -2.19. The Kier molecular flexibility index (Phi) is 7.15. The molecule has 0 saturated carbocycles. The van der Waals surface area contributed by atoms with Crippen molar-refractivity contribution in [2.45, 2.75) is 20.8 Å². The first-order chi connectivity index (χ1) is 12.4. The first-order valence-corrected chi connectivity index (χ1v) is 9.77. The summed E-state index contributed by atoms with van der Waals surface area (Å²) >= 11 is 0. The van der Waals surface area contributed by atoms with Crippen LogP contribution in [0.3, 0.4) is 0 Å². The summed E-state index contributed by atoms with van der Waals surface area (Å²) in [6.45, 7) is 5.90. The van der Waals surface area contributed by atoms with Crippen molar-refractivity contribution >= 4 is 7.82 Å². The zero-order valence-corrected chi connectivity index (χ0v) is 17.4. The molecule has 0 bridgehead atoms. The third kappa shape index (κ3) is 6.18. The number of benzene rings is 3. The Morgan fingerprint density at radius 2 is 0.741 bits per heavy atom. The van der Waals surface area contributed by atoms with Crippen molar-refractivity contribution in [3.63, 3.8) is 0 Å². The molecule has 3 aromatic carbocycles. The van der Waals surface area contributed by atoms with E-state index < -0.39 is 7.82 Å². The zero-order chi connectivity index (χ0) is 18.6. The minimum absolute atomic E-state index is 0. The zero-order valence-electron chi connectivity index (χ0n) is 15.4. The van der Waals surface area contributed by atoms with Gasteiger partial charge in [-0.25, -0.2) is 0 Å². The van der Waals surface area contributed by atoms with Crippen LogP contribution in [0.15, 0.2) is 72.8 Å². The van der Waals surface area contributed by atoms with Gasteiger partial charge in [0, 0.05) is 17.1 Å². The molecule has 0 fully saturated rings. The van der Waals surface area contributed by atoms with Gasteiger partial charge in [-0.3, -0.25) is 0 Å². The van der Waals surface area contributed by atoms with E-state index in [0.29, 0.717) is 17.2 Å². The quantitative estimate of drug-likeness (QED) is 0.347. The summed E-state index contributed by atoms with van der Waals surface area (Å²) < 4.78 is 30.2. The second-order valence-electron chi connectivity index (χ2n) is 6.16. The summed E-state index contributed by atoms with van der Waals surface area (Å²) in [5.74, 6) is 1.24. The summed E-state index contributed by atoms with van der Waals surface area (Å²) in [7, 11) is -3.93. The summed E-state index contributed by atoms with van der Waals surface area (Å²) in [6.07, 6.45) is 0. The van der Waals surface area contributed by atoms with E-state index in [1.54, 1.807) is 36.4 Å². The van der Waals surface area contributed by atoms with Gasteiger partial charge < -0.3 is 13.6 Å². The van der Waals surface area contributed by atoms with E-state index in [2.05, 4.69) is 0 Å². The van der Waals surface area contributed by atoms with E-state index in [1.165, 1.54) is 0 Å². The molecule has 0 atom stereocenters. The maximum atomic E-state index is 13.3. The van der Waals surface area contributed by atoms with E-state index in [-0.39, 0.29) is 17.1 Å². The van der Waals surface area contributed by atoms with Crippen molar-refractivity contribution in [2.24, 2.45) is 0 Å². The second kappa shape index (κ2) is 9.14. The van der Waals surface area contributed by atoms with Gasteiger partial charge in [-0.05, 0) is 57.2 Å². The Morgan fingerprint density at radius 3 is 0.963 bits per heavy atom. The van der Waals surface area contributed by atoms with Crippen molar-refractivity contribution in [1.82, 2.24) is 0 Å². The molecule has 0 amide bonds. The molecule has 4 nitrogen and oxygen atoms in total. The minimum atomic E-state index is -3.93. The van der Waals surface area contributed by atoms with E-state index in [9.17, 15) is 4.57 Å². The van der Waals surface area contributed by atoms with E-state index in [0.717, 1.165) is 16.7 Å². The van der Waals surface area contributed by atoms with Crippen LogP contribution in [-0.2, 0) is 21.6 Å². The van der Waals surface area contributed by atoms with Gasteiger partial charge in [0.25, 0.3) is 0 Å². The molecule has 0 unspecified atom stereocenters. The topological polar surface area (TPSA) is 44.8 Å². The van der Waals surface area contributed by atoms with E-state index in [4.69, 9.17) is 13.6 Å². The van der Waals surface area contributed by atoms with Gasteiger partial charge in [0.15, 0.2) is 0 Å². The summed E-state index contributed by atoms with van der Waals surface area (Å²) in [5.41, 5.74) is 3.23. The van der Waals surface area contributed by atoms with Gasteiger partial charge in [0.1, 0.15) is 17.2 Å². The normalized spacial score (nSPS) is 10.6. The molecule has 0 spiro atoms. The summed E-state index contributed by atoms with van der Waals surface area (Å²) in [6, 6.07) is 21.6. The molecule has 0 radical (unpaired) electrons. The standard InChI is InChI=1S/C21H21O4P.Fe/c1-16-4-10-19(11-5-16)23-26(22,24-20-12-6-17(2)7-13-20)25-21-14-8-18(3)9-15-21;/h4-15H,1-3H3;. The van der Waals surface area contributed by atoms with Crippen molar-refractivity contribution in [2.75, 3.05) is 0 Å². The molecule has 0 aromatic heterocycles. The number of hydrogen-bond donors (Lipinski definition) is 0. The minimum Gasteiger partial charge on any atom is -0.386 e. The largest absolute Gasteiger partial charge is 0.647 e. The van der Waals surface area contributed by atoms with Crippen molar-refractivity contribution in [3.8, 4) is 17.2 Å². The molecule has 0 aliphatic rings. The van der Waals surface area contributed by atoms with Crippen LogP contribution in [0.1, 0.15) is 16.7 Å². The van der Waals surface area contributed by atoms with E-state index >= 15 is 0 Å². The predicted molar refractivity (Wildman–Crippen MR) is 103 cm³/mol. The van der Waals surface area contributed by atoms with Crippen LogP contribution in [0.25, 0.3) is 0 Å². The van der Waals surface area contributed by atoms with Crippen LogP contribution in [0.2, 0.25) is 0 Å². The smallest absolute Gasteiger partial charge is 0.386 e. The van der Waals surface area contributed by atoms with Crippen molar-refractivity contribution < 1.29 is 35.2 Å². The maximum absolute atomic E-state index is 13.3. The number of rotatable bonds is 6. The fourth-order valence-electron chi connectivity index (χ4n) is 2.24. The van der Waals surface area contributed by atoms with Crippen molar-refractivity contribution in [1.29, 1.82) is 0 Å². The number of hydrogen-bond acceptors (Lipinski definition) is 4. The second-order valence-corrected chi connectivity index (χ2v) is 7.60. The van der Waals surface area contributed by atoms with Crippen LogP contribution < -0.4 is 13.6 Å². The third-order valence-corrected chi connectivity index (χ3v) is 5.02. The molecular formula is C21H21FeO4P.